The van der Waals surface area contributed by atoms with Gasteiger partial charge in [0.05, 0.1) is 0 Å². The average Bonchev–Trinajstić information content (AvgIpc) is 2.55. The average molecular weight is 351 g/mol. The van der Waals surface area contributed by atoms with Crippen LogP contribution in [-0.2, 0) is 11.6 Å². The van der Waals surface area contributed by atoms with Gasteiger partial charge in [-0.05, 0) is 48.1 Å². The first-order valence-electron chi connectivity index (χ1n) is 7.87. The molecule has 0 saturated heterocycles. The molecule has 2 aromatic rings. The maximum Gasteiger partial charge on any atom is 0.433 e. The molecule has 0 aliphatic heterocycles. The number of hydrogen-bond acceptors (Lipinski definition) is 3. The number of rotatable bonds is 4. The van der Waals surface area contributed by atoms with Crippen LogP contribution in [0.25, 0.3) is 0 Å². The van der Waals surface area contributed by atoms with Gasteiger partial charge in [0.1, 0.15) is 5.69 Å². The number of halogens is 3. The Balaban J connectivity index is 2.29. The van der Waals surface area contributed by atoms with Crippen molar-refractivity contribution >= 4 is 11.6 Å². The molecule has 1 heterocycles. The molecule has 25 heavy (non-hydrogen) atoms. The molecule has 1 N–H and O–H groups in total. The molecule has 134 valence electrons. The van der Waals surface area contributed by atoms with Crippen molar-refractivity contribution in [3.8, 4) is 0 Å². The van der Waals surface area contributed by atoms with Gasteiger partial charge in [0.15, 0.2) is 0 Å². The zero-order valence-corrected chi connectivity index (χ0v) is 14.5. The minimum atomic E-state index is -4.62. The van der Waals surface area contributed by atoms with Crippen molar-refractivity contribution in [1.29, 1.82) is 0 Å². The van der Waals surface area contributed by atoms with E-state index in [4.69, 9.17) is 0 Å². The second-order valence-corrected chi connectivity index (χ2v) is 6.48. The largest absolute Gasteiger partial charge is 0.433 e. The minimum absolute atomic E-state index is 0.0858. The second kappa shape index (κ2) is 6.82. The maximum atomic E-state index is 12.7. The first-order chi connectivity index (χ1) is 11.5. The number of carbonyl (C=O) groups excluding carboxylic acids is 1. The number of nitrogens with one attached hydrogen (secondary N) is 1. The van der Waals surface area contributed by atoms with E-state index >= 15 is 0 Å². The van der Waals surface area contributed by atoms with Crippen LogP contribution in [0.1, 0.15) is 54.6 Å². The second-order valence-electron chi connectivity index (χ2n) is 6.48. The maximum absolute atomic E-state index is 12.7. The lowest BCUT2D eigenvalue weighted by Crippen LogP contribution is -2.20. The number of aromatic nitrogens is 2. The Hall–Kier alpha value is -2.44. The number of amides is 1. The fourth-order valence-corrected chi connectivity index (χ4v) is 2.43. The van der Waals surface area contributed by atoms with Crippen molar-refractivity contribution in [3.63, 3.8) is 0 Å². The van der Waals surface area contributed by atoms with Crippen molar-refractivity contribution in [2.24, 2.45) is 0 Å². The summed E-state index contributed by atoms with van der Waals surface area (Å²) in [7, 11) is 0. The topological polar surface area (TPSA) is 54.9 Å². The minimum Gasteiger partial charge on any atom is -0.319 e. The van der Waals surface area contributed by atoms with E-state index in [0.29, 0.717) is 5.69 Å². The summed E-state index contributed by atoms with van der Waals surface area (Å²) in [5, 5.41) is 2.57. The Morgan fingerprint density at radius 1 is 1.20 bits per heavy atom. The number of alkyl halides is 3. The molecule has 1 aromatic carbocycles. The Kier molecular flexibility index (Phi) is 5.15. The van der Waals surface area contributed by atoms with Crippen LogP contribution in [0.15, 0.2) is 30.5 Å². The molecule has 0 radical (unpaired) electrons. The third kappa shape index (κ3) is 4.35. The highest BCUT2D eigenvalue weighted by molar-refractivity contribution is 6.01. The van der Waals surface area contributed by atoms with Crippen molar-refractivity contribution in [2.75, 3.05) is 5.32 Å². The number of anilines is 1. The fraction of sp³-hybridized carbons (Fsp3) is 0.389. The van der Waals surface area contributed by atoms with Crippen LogP contribution >= 0.6 is 0 Å². The highest BCUT2D eigenvalue weighted by Crippen LogP contribution is 2.31. The van der Waals surface area contributed by atoms with Gasteiger partial charge in [-0.25, -0.2) is 9.97 Å². The highest BCUT2D eigenvalue weighted by atomic mass is 19.4. The predicted molar refractivity (Wildman–Crippen MR) is 89.5 cm³/mol. The van der Waals surface area contributed by atoms with Gasteiger partial charge < -0.3 is 5.32 Å². The first kappa shape index (κ1) is 18.9. The van der Waals surface area contributed by atoms with E-state index in [1.54, 1.807) is 6.07 Å². The fourth-order valence-electron chi connectivity index (χ4n) is 2.43. The van der Waals surface area contributed by atoms with Crippen molar-refractivity contribution in [2.45, 2.75) is 45.7 Å². The number of aryl methyl sites for hydroxylation is 1. The lowest BCUT2D eigenvalue weighted by molar-refractivity contribution is -0.141. The summed E-state index contributed by atoms with van der Waals surface area (Å²) >= 11 is 0. The Labute approximate surface area is 144 Å². The van der Waals surface area contributed by atoms with E-state index in [9.17, 15) is 18.0 Å². The molecule has 0 aliphatic rings. The summed E-state index contributed by atoms with van der Waals surface area (Å²) in [4.78, 5) is 19.1. The molecule has 7 heteroatoms. The summed E-state index contributed by atoms with van der Waals surface area (Å²) in [6.45, 7) is 8.24. The van der Waals surface area contributed by atoms with Crippen LogP contribution in [0, 0.1) is 6.92 Å². The molecule has 4 nitrogen and oxygen atoms in total. The highest BCUT2D eigenvalue weighted by Gasteiger charge is 2.33. The smallest absolute Gasteiger partial charge is 0.319 e. The number of carbonyl (C=O) groups is 1. The monoisotopic (exact) mass is 351 g/mol. The standard InChI is InChI=1S/C18H20F3N3O/c1-5-17(3,4)13-10-12(7-6-11(13)2)23-16(25)15-22-9-8-14(24-15)18(19,20)21/h6-10H,5H2,1-4H3,(H,23,25). The Bertz CT molecular complexity index is 785. The molecule has 0 bridgehead atoms. The van der Waals surface area contributed by atoms with Gasteiger partial charge in [0, 0.05) is 11.9 Å². The molecule has 0 fully saturated rings. The number of hydrogen-bond donors (Lipinski definition) is 1. The van der Waals surface area contributed by atoms with E-state index < -0.39 is 23.6 Å². The molecule has 0 aliphatic carbocycles. The molecular formula is C18H20F3N3O. The third-order valence-corrected chi connectivity index (χ3v) is 4.26. The molecule has 0 unspecified atom stereocenters. The van der Waals surface area contributed by atoms with Gasteiger partial charge in [-0.3, -0.25) is 4.79 Å². The van der Waals surface area contributed by atoms with E-state index in [2.05, 4.69) is 36.1 Å². The van der Waals surface area contributed by atoms with Gasteiger partial charge in [0.2, 0.25) is 5.82 Å². The molecule has 1 aromatic heterocycles. The van der Waals surface area contributed by atoms with Crippen molar-refractivity contribution in [1.82, 2.24) is 9.97 Å². The lowest BCUT2D eigenvalue weighted by atomic mass is 9.80. The summed E-state index contributed by atoms with van der Waals surface area (Å²) in [6.07, 6.45) is -2.80. The SMILES string of the molecule is CCC(C)(C)c1cc(NC(=O)c2nccc(C(F)(F)F)n2)ccc1C. The molecule has 0 spiro atoms. The van der Waals surface area contributed by atoms with E-state index in [1.165, 1.54) is 0 Å². The summed E-state index contributed by atoms with van der Waals surface area (Å²) < 4.78 is 38.1. The molecule has 0 saturated carbocycles. The van der Waals surface area contributed by atoms with Gasteiger partial charge >= 0.3 is 6.18 Å². The first-order valence-corrected chi connectivity index (χ1v) is 7.87. The van der Waals surface area contributed by atoms with Crippen LogP contribution in [0.3, 0.4) is 0 Å². The van der Waals surface area contributed by atoms with Crippen LogP contribution in [-0.4, -0.2) is 15.9 Å². The lowest BCUT2D eigenvalue weighted by Gasteiger charge is -2.26. The predicted octanol–water partition coefficient (Wildman–Crippen LogP) is 4.74. The quantitative estimate of drug-likeness (QED) is 0.865. The molecule has 1 amide bonds. The van der Waals surface area contributed by atoms with Crippen LogP contribution < -0.4 is 5.32 Å². The van der Waals surface area contributed by atoms with Gasteiger partial charge in [-0.15, -0.1) is 0 Å². The van der Waals surface area contributed by atoms with E-state index in [-0.39, 0.29) is 5.41 Å². The van der Waals surface area contributed by atoms with Gasteiger partial charge in [0.25, 0.3) is 5.91 Å². The zero-order valence-electron chi connectivity index (χ0n) is 14.5. The zero-order chi connectivity index (χ0) is 18.8. The molecule has 2 rings (SSSR count). The molecular weight excluding hydrogens is 331 g/mol. The van der Waals surface area contributed by atoms with Crippen LogP contribution in [0.4, 0.5) is 18.9 Å². The van der Waals surface area contributed by atoms with E-state index in [1.807, 2.05) is 19.1 Å². The van der Waals surface area contributed by atoms with Gasteiger partial charge in [-0.2, -0.15) is 13.2 Å². The van der Waals surface area contributed by atoms with Crippen molar-refractivity contribution < 1.29 is 18.0 Å². The number of nitrogens with zero attached hydrogens (tertiary/aromatic N) is 2. The Morgan fingerprint density at radius 3 is 2.48 bits per heavy atom. The summed E-state index contributed by atoms with van der Waals surface area (Å²) in [6, 6.07) is 6.14. The van der Waals surface area contributed by atoms with Crippen molar-refractivity contribution in [3.05, 3.63) is 53.1 Å². The summed E-state index contributed by atoms with van der Waals surface area (Å²) in [5.74, 6) is -1.30. The normalized spacial score (nSPS) is 12.1. The van der Waals surface area contributed by atoms with Gasteiger partial charge in [-0.1, -0.05) is 26.8 Å². The molecule has 0 atom stereocenters. The summed E-state index contributed by atoms with van der Waals surface area (Å²) in [5.41, 5.74) is 1.41. The van der Waals surface area contributed by atoms with E-state index in [0.717, 1.165) is 29.8 Å². The Morgan fingerprint density at radius 2 is 1.88 bits per heavy atom. The van der Waals surface area contributed by atoms with Crippen LogP contribution in [0.2, 0.25) is 0 Å². The number of benzene rings is 1. The van der Waals surface area contributed by atoms with Crippen LogP contribution in [0.5, 0.6) is 0 Å². The third-order valence-electron chi connectivity index (χ3n) is 4.26.